The van der Waals surface area contributed by atoms with Gasteiger partial charge in [0.15, 0.2) is 5.69 Å². The van der Waals surface area contributed by atoms with E-state index in [-0.39, 0.29) is 23.6 Å². The van der Waals surface area contributed by atoms with Crippen LogP contribution in [0.1, 0.15) is 60.2 Å². The second kappa shape index (κ2) is 13.4. The normalized spacial score (nSPS) is 13.8. The molecule has 222 valence electrons. The molecule has 3 aromatic rings. The van der Waals surface area contributed by atoms with E-state index in [1.165, 1.54) is 18.0 Å². The number of rotatable bonds is 7. The quantitative estimate of drug-likeness (QED) is 0.293. The van der Waals surface area contributed by atoms with Gasteiger partial charge in [-0.1, -0.05) is 11.6 Å². The van der Waals surface area contributed by atoms with Crippen LogP contribution in [0.4, 0.5) is 16.3 Å². The number of nitrogens with zero attached hydrogens (tertiary/aromatic N) is 3. The highest BCUT2D eigenvalue weighted by Gasteiger charge is 2.29. The summed E-state index contributed by atoms with van der Waals surface area (Å²) in [6.07, 6.45) is 4.01. The summed E-state index contributed by atoms with van der Waals surface area (Å²) in [6, 6.07) is 11.9. The molecule has 2 aromatic heterocycles. The zero-order chi connectivity index (χ0) is 30.4. The second-order valence-corrected chi connectivity index (χ2v) is 12.1. The van der Waals surface area contributed by atoms with E-state index in [4.69, 9.17) is 21.1 Å². The minimum Gasteiger partial charge on any atom is -0.489 e. The van der Waals surface area contributed by atoms with Crippen LogP contribution in [0.5, 0.6) is 5.75 Å². The molecule has 42 heavy (non-hydrogen) atoms. The molecule has 0 atom stereocenters. The van der Waals surface area contributed by atoms with Crippen LogP contribution in [0.2, 0.25) is 5.02 Å². The number of thioether (sulfide) groups is 1. The molecule has 1 aliphatic rings. The Bertz CT molecular complexity index is 1450. The van der Waals surface area contributed by atoms with Crippen LogP contribution in [0.15, 0.2) is 53.6 Å². The maximum Gasteiger partial charge on any atom is 0.410 e. The Morgan fingerprint density at radius 2 is 1.76 bits per heavy atom. The number of anilines is 2. The van der Waals surface area contributed by atoms with Crippen LogP contribution in [-0.2, 0) is 4.74 Å². The molecule has 0 spiro atoms. The molecule has 1 aromatic carbocycles. The van der Waals surface area contributed by atoms with Gasteiger partial charge >= 0.3 is 6.09 Å². The van der Waals surface area contributed by atoms with Gasteiger partial charge < -0.3 is 25.0 Å². The van der Waals surface area contributed by atoms with E-state index in [1.54, 1.807) is 42.2 Å². The Morgan fingerprint density at radius 1 is 1.02 bits per heavy atom. The molecule has 1 fully saturated rings. The van der Waals surface area contributed by atoms with E-state index in [9.17, 15) is 14.4 Å². The zero-order valence-electron chi connectivity index (χ0n) is 24.2. The molecule has 2 N–H and O–H groups in total. The van der Waals surface area contributed by atoms with Gasteiger partial charge in [-0.05, 0) is 76.4 Å². The summed E-state index contributed by atoms with van der Waals surface area (Å²) in [7, 11) is 0. The number of likely N-dealkylation sites (tertiary alicyclic amines) is 1. The number of carbonyl (C=O) groups is 3. The van der Waals surface area contributed by atoms with Crippen molar-refractivity contribution in [2.75, 3.05) is 30.0 Å². The molecule has 0 aliphatic carbocycles. The van der Waals surface area contributed by atoms with Gasteiger partial charge in [0.25, 0.3) is 11.8 Å². The number of halogens is 1. The SMILES string of the molecule is CSc1ccc(C(=O)Nc2ccc(C)nc2C(=O)Nc2ccc(Cl)cn2)c(OC2CCN(C(=O)OC(C)(C)C)CC2)c1. The third kappa shape index (κ3) is 8.36. The van der Waals surface area contributed by atoms with Gasteiger partial charge in [0.05, 0.1) is 16.3 Å². The summed E-state index contributed by atoms with van der Waals surface area (Å²) in [5, 5.41) is 5.95. The number of pyridine rings is 2. The van der Waals surface area contributed by atoms with Crippen molar-refractivity contribution in [2.24, 2.45) is 0 Å². The first kappa shape index (κ1) is 31.1. The molecule has 3 amide bonds. The lowest BCUT2D eigenvalue weighted by atomic mass is 10.1. The lowest BCUT2D eigenvalue weighted by Gasteiger charge is -2.33. The summed E-state index contributed by atoms with van der Waals surface area (Å²) in [5.74, 6) is -0.263. The monoisotopic (exact) mass is 611 g/mol. The van der Waals surface area contributed by atoms with Crippen LogP contribution in [0, 0.1) is 6.92 Å². The summed E-state index contributed by atoms with van der Waals surface area (Å²) in [5.41, 5.74) is 0.632. The number of piperidine rings is 1. The van der Waals surface area contributed by atoms with E-state index in [0.717, 1.165) is 4.90 Å². The number of amides is 3. The number of nitrogens with one attached hydrogen (secondary N) is 2. The zero-order valence-corrected chi connectivity index (χ0v) is 25.8. The summed E-state index contributed by atoms with van der Waals surface area (Å²) in [6.45, 7) is 8.24. The number of aryl methyl sites for hydroxylation is 1. The van der Waals surface area contributed by atoms with Crippen molar-refractivity contribution < 1.29 is 23.9 Å². The molecule has 3 heterocycles. The highest BCUT2D eigenvalue weighted by Crippen LogP contribution is 2.30. The van der Waals surface area contributed by atoms with E-state index in [2.05, 4.69) is 20.6 Å². The van der Waals surface area contributed by atoms with Crippen molar-refractivity contribution in [1.82, 2.24) is 14.9 Å². The van der Waals surface area contributed by atoms with Crippen molar-refractivity contribution >= 4 is 52.8 Å². The highest BCUT2D eigenvalue weighted by atomic mass is 35.5. The van der Waals surface area contributed by atoms with Crippen LogP contribution in [0.3, 0.4) is 0 Å². The van der Waals surface area contributed by atoms with Gasteiger partial charge in [-0.25, -0.2) is 14.8 Å². The van der Waals surface area contributed by atoms with Gasteiger partial charge in [-0.3, -0.25) is 9.59 Å². The first-order valence-corrected chi connectivity index (χ1v) is 15.1. The minimum absolute atomic E-state index is 0.0396. The number of carbonyl (C=O) groups excluding carboxylic acids is 3. The van der Waals surface area contributed by atoms with E-state index < -0.39 is 17.4 Å². The first-order valence-electron chi connectivity index (χ1n) is 13.5. The molecule has 1 aliphatic heterocycles. The van der Waals surface area contributed by atoms with E-state index >= 15 is 0 Å². The predicted molar refractivity (Wildman–Crippen MR) is 164 cm³/mol. The predicted octanol–water partition coefficient (Wildman–Crippen LogP) is 6.44. The van der Waals surface area contributed by atoms with Gasteiger partial charge in [0, 0.05) is 42.7 Å². The van der Waals surface area contributed by atoms with Gasteiger partial charge in [0.1, 0.15) is 23.3 Å². The number of hydrogen-bond acceptors (Lipinski definition) is 8. The molecule has 1 saturated heterocycles. The second-order valence-electron chi connectivity index (χ2n) is 10.8. The molecule has 0 saturated carbocycles. The third-order valence-corrected chi connectivity index (χ3v) is 7.24. The maximum atomic E-state index is 13.6. The number of aromatic nitrogens is 2. The minimum atomic E-state index is -0.564. The number of ether oxygens (including phenoxy) is 2. The van der Waals surface area contributed by atoms with Crippen molar-refractivity contribution in [3.05, 3.63) is 70.6 Å². The molecule has 0 bridgehead atoms. The largest absolute Gasteiger partial charge is 0.489 e. The lowest BCUT2D eigenvalue weighted by Crippen LogP contribution is -2.44. The molecular formula is C30H34ClN5O5S. The summed E-state index contributed by atoms with van der Waals surface area (Å²) in [4.78, 5) is 50.2. The Hall–Kier alpha value is -3.83. The lowest BCUT2D eigenvalue weighted by molar-refractivity contribution is 0.0126. The smallest absolute Gasteiger partial charge is 0.410 e. The maximum absolute atomic E-state index is 13.6. The molecule has 0 radical (unpaired) electrons. The third-order valence-electron chi connectivity index (χ3n) is 6.29. The van der Waals surface area contributed by atoms with E-state index in [0.29, 0.717) is 53.8 Å². The number of benzene rings is 1. The van der Waals surface area contributed by atoms with Crippen LogP contribution < -0.4 is 15.4 Å². The van der Waals surface area contributed by atoms with Crippen molar-refractivity contribution in [3.63, 3.8) is 0 Å². The van der Waals surface area contributed by atoms with Gasteiger partial charge in [-0.2, -0.15) is 0 Å². The first-order chi connectivity index (χ1) is 19.9. The Morgan fingerprint density at radius 3 is 2.40 bits per heavy atom. The molecule has 4 rings (SSSR count). The fraction of sp³-hybridized carbons (Fsp3) is 0.367. The topological polar surface area (TPSA) is 123 Å². The van der Waals surface area contributed by atoms with Crippen molar-refractivity contribution in [3.8, 4) is 5.75 Å². The standard InChI is InChI=1S/C30H34ClN5O5S/c1-18-6-10-23(26(33-18)28(38)35-25-11-7-19(31)17-32-25)34-27(37)22-9-8-21(42-5)16-24(22)40-20-12-14-36(15-13-20)29(39)41-30(2,3)4/h6-11,16-17,20H,12-15H2,1-5H3,(H,34,37)(H,32,35,38). The van der Waals surface area contributed by atoms with Gasteiger partial charge in [0.2, 0.25) is 0 Å². The average molecular weight is 612 g/mol. The van der Waals surface area contributed by atoms with Crippen LogP contribution in [-0.4, -0.2) is 63.8 Å². The summed E-state index contributed by atoms with van der Waals surface area (Å²) >= 11 is 7.42. The number of hydrogen-bond donors (Lipinski definition) is 2. The van der Waals surface area contributed by atoms with Crippen LogP contribution in [0.25, 0.3) is 0 Å². The van der Waals surface area contributed by atoms with Gasteiger partial charge in [-0.15, -0.1) is 11.8 Å². The molecular weight excluding hydrogens is 578 g/mol. The molecule has 0 unspecified atom stereocenters. The Balaban J connectivity index is 1.49. The molecule has 10 nitrogen and oxygen atoms in total. The Labute approximate surface area is 254 Å². The van der Waals surface area contributed by atoms with E-state index in [1.807, 2.05) is 39.2 Å². The summed E-state index contributed by atoms with van der Waals surface area (Å²) < 4.78 is 11.8. The fourth-order valence-corrected chi connectivity index (χ4v) is 4.76. The van der Waals surface area contributed by atoms with Crippen molar-refractivity contribution in [2.45, 2.75) is 57.1 Å². The highest BCUT2D eigenvalue weighted by molar-refractivity contribution is 7.98. The van der Waals surface area contributed by atoms with Crippen LogP contribution >= 0.6 is 23.4 Å². The Kier molecular flexibility index (Phi) is 9.95. The molecule has 12 heteroatoms. The fourth-order valence-electron chi connectivity index (χ4n) is 4.22. The van der Waals surface area contributed by atoms with Crippen molar-refractivity contribution in [1.29, 1.82) is 0 Å². The average Bonchev–Trinajstić information content (AvgIpc) is 2.94.